The van der Waals surface area contributed by atoms with Crippen molar-refractivity contribution in [1.82, 2.24) is 25.2 Å². The molecular weight excluding hydrogens is 362 g/mol. The first-order valence-electron chi connectivity index (χ1n) is 9.02. The summed E-state index contributed by atoms with van der Waals surface area (Å²) in [6.45, 7) is 3.34. The SMILES string of the molecule is COCc1nc(-c2ccc(OC3CCN(C(=O)c4cc(C)[nH]n4)C3)cc2)no1. The van der Waals surface area contributed by atoms with Crippen LogP contribution in [-0.4, -0.2) is 57.4 Å². The Hall–Kier alpha value is -3.20. The van der Waals surface area contributed by atoms with E-state index in [9.17, 15) is 4.79 Å². The first-order valence-corrected chi connectivity index (χ1v) is 9.02. The zero-order valence-electron chi connectivity index (χ0n) is 15.7. The molecule has 1 aromatic carbocycles. The molecule has 1 unspecified atom stereocenters. The van der Waals surface area contributed by atoms with E-state index in [0.717, 1.165) is 23.4 Å². The molecule has 3 heterocycles. The largest absolute Gasteiger partial charge is 0.489 e. The number of aryl methyl sites for hydroxylation is 1. The predicted octanol–water partition coefficient (Wildman–Crippen LogP) is 2.21. The molecule has 1 fully saturated rings. The van der Waals surface area contributed by atoms with Crippen LogP contribution in [0.15, 0.2) is 34.9 Å². The third kappa shape index (κ3) is 3.89. The summed E-state index contributed by atoms with van der Waals surface area (Å²) < 4.78 is 16.1. The molecule has 0 bridgehead atoms. The smallest absolute Gasteiger partial charge is 0.274 e. The van der Waals surface area contributed by atoms with Crippen molar-refractivity contribution >= 4 is 5.91 Å². The summed E-state index contributed by atoms with van der Waals surface area (Å²) in [5.74, 6) is 1.60. The van der Waals surface area contributed by atoms with Gasteiger partial charge in [0.2, 0.25) is 5.82 Å². The van der Waals surface area contributed by atoms with E-state index in [1.807, 2.05) is 31.2 Å². The topological polar surface area (TPSA) is 106 Å². The lowest BCUT2D eigenvalue weighted by atomic mass is 10.2. The third-order valence-corrected chi connectivity index (χ3v) is 4.51. The van der Waals surface area contributed by atoms with E-state index in [2.05, 4.69) is 20.3 Å². The number of aromatic nitrogens is 4. The van der Waals surface area contributed by atoms with Gasteiger partial charge in [-0.15, -0.1) is 0 Å². The molecule has 1 saturated heterocycles. The standard InChI is InChI=1S/C19H21N5O4/c1-12-9-16(22-21-12)19(25)24-8-7-15(10-24)27-14-5-3-13(4-6-14)18-20-17(11-26-2)28-23-18/h3-6,9,15H,7-8,10-11H2,1-2H3,(H,21,22). The van der Waals surface area contributed by atoms with Crippen LogP contribution in [0.3, 0.4) is 0 Å². The lowest BCUT2D eigenvalue weighted by molar-refractivity contribution is 0.0766. The van der Waals surface area contributed by atoms with Crippen LogP contribution >= 0.6 is 0 Å². The molecule has 0 radical (unpaired) electrons. The summed E-state index contributed by atoms with van der Waals surface area (Å²) in [4.78, 5) is 18.5. The van der Waals surface area contributed by atoms with E-state index in [4.69, 9.17) is 14.0 Å². The number of carbonyl (C=O) groups is 1. The monoisotopic (exact) mass is 383 g/mol. The van der Waals surface area contributed by atoms with E-state index >= 15 is 0 Å². The number of benzene rings is 1. The van der Waals surface area contributed by atoms with Gasteiger partial charge in [0.1, 0.15) is 24.2 Å². The fourth-order valence-electron chi connectivity index (χ4n) is 3.13. The van der Waals surface area contributed by atoms with Gasteiger partial charge in [-0.2, -0.15) is 10.1 Å². The maximum absolute atomic E-state index is 12.5. The van der Waals surface area contributed by atoms with Crippen LogP contribution in [-0.2, 0) is 11.3 Å². The average molecular weight is 383 g/mol. The quantitative estimate of drug-likeness (QED) is 0.695. The molecule has 1 atom stereocenters. The highest BCUT2D eigenvalue weighted by molar-refractivity contribution is 5.92. The molecule has 0 spiro atoms. The Labute approximate surface area is 161 Å². The van der Waals surface area contributed by atoms with Crippen molar-refractivity contribution in [2.75, 3.05) is 20.2 Å². The lowest BCUT2D eigenvalue weighted by Crippen LogP contribution is -2.31. The Kier molecular flexibility index (Phi) is 5.07. The molecule has 4 rings (SSSR count). The van der Waals surface area contributed by atoms with Crippen LogP contribution < -0.4 is 4.74 Å². The molecule has 0 aliphatic carbocycles. The number of nitrogens with one attached hydrogen (secondary N) is 1. The van der Waals surface area contributed by atoms with Crippen LogP contribution in [0, 0.1) is 6.92 Å². The first-order chi connectivity index (χ1) is 13.6. The van der Waals surface area contributed by atoms with E-state index in [0.29, 0.717) is 30.5 Å². The molecule has 9 heteroatoms. The summed E-state index contributed by atoms with van der Waals surface area (Å²) in [5, 5.41) is 10.8. The normalized spacial score (nSPS) is 16.5. The predicted molar refractivity (Wildman–Crippen MR) is 98.7 cm³/mol. The molecular formula is C19H21N5O4. The molecule has 2 aromatic heterocycles. The maximum atomic E-state index is 12.5. The first kappa shape index (κ1) is 18.2. The number of H-pyrrole nitrogens is 1. The maximum Gasteiger partial charge on any atom is 0.274 e. The minimum absolute atomic E-state index is 0.0479. The van der Waals surface area contributed by atoms with Crippen molar-refractivity contribution in [3.63, 3.8) is 0 Å². The zero-order chi connectivity index (χ0) is 19.5. The molecule has 146 valence electrons. The molecule has 1 N–H and O–H groups in total. The number of hydrogen-bond acceptors (Lipinski definition) is 7. The Morgan fingerprint density at radius 3 is 2.89 bits per heavy atom. The summed E-state index contributed by atoms with van der Waals surface area (Å²) in [5.41, 5.74) is 2.14. The third-order valence-electron chi connectivity index (χ3n) is 4.51. The summed E-state index contributed by atoms with van der Waals surface area (Å²) >= 11 is 0. The summed E-state index contributed by atoms with van der Waals surface area (Å²) in [6, 6.07) is 9.24. The highest BCUT2D eigenvalue weighted by Crippen LogP contribution is 2.23. The number of carbonyl (C=O) groups excluding carboxylic acids is 1. The van der Waals surface area contributed by atoms with Gasteiger partial charge < -0.3 is 18.9 Å². The number of ether oxygens (including phenoxy) is 2. The van der Waals surface area contributed by atoms with Crippen LogP contribution in [0.2, 0.25) is 0 Å². The average Bonchev–Trinajstić information content (AvgIpc) is 3.44. The number of methoxy groups -OCH3 is 1. The molecule has 1 aliphatic rings. The molecule has 28 heavy (non-hydrogen) atoms. The van der Waals surface area contributed by atoms with E-state index < -0.39 is 0 Å². The van der Waals surface area contributed by atoms with Gasteiger partial charge in [-0.25, -0.2) is 0 Å². The highest BCUT2D eigenvalue weighted by atomic mass is 16.5. The van der Waals surface area contributed by atoms with Crippen molar-refractivity contribution in [3.8, 4) is 17.1 Å². The van der Waals surface area contributed by atoms with Crippen LogP contribution in [0.4, 0.5) is 0 Å². The Morgan fingerprint density at radius 1 is 1.36 bits per heavy atom. The van der Waals surface area contributed by atoms with E-state index in [1.54, 1.807) is 18.1 Å². The summed E-state index contributed by atoms with van der Waals surface area (Å²) in [6.07, 6.45) is 0.732. The second kappa shape index (κ2) is 7.81. The van der Waals surface area contributed by atoms with Gasteiger partial charge in [0, 0.05) is 31.3 Å². The minimum Gasteiger partial charge on any atom is -0.489 e. The number of hydrogen-bond donors (Lipinski definition) is 1. The fourth-order valence-corrected chi connectivity index (χ4v) is 3.13. The van der Waals surface area contributed by atoms with Gasteiger partial charge in [-0.3, -0.25) is 9.89 Å². The van der Waals surface area contributed by atoms with Crippen molar-refractivity contribution in [3.05, 3.63) is 47.6 Å². The number of aromatic amines is 1. The molecule has 0 saturated carbocycles. The van der Waals surface area contributed by atoms with Gasteiger partial charge in [0.25, 0.3) is 11.8 Å². The van der Waals surface area contributed by atoms with Gasteiger partial charge in [-0.05, 0) is 37.3 Å². The molecule has 9 nitrogen and oxygen atoms in total. The Bertz CT molecular complexity index is 949. The Balaban J connectivity index is 1.35. The lowest BCUT2D eigenvalue weighted by Gasteiger charge is -2.16. The van der Waals surface area contributed by atoms with Gasteiger partial charge in [-0.1, -0.05) is 5.16 Å². The highest BCUT2D eigenvalue weighted by Gasteiger charge is 2.29. The van der Waals surface area contributed by atoms with Gasteiger partial charge >= 0.3 is 0 Å². The Morgan fingerprint density at radius 2 is 2.18 bits per heavy atom. The number of rotatable bonds is 6. The fraction of sp³-hybridized carbons (Fsp3) is 0.368. The zero-order valence-corrected chi connectivity index (χ0v) is 15.7. The van der Waals surface area contributed by atoms with E-state index in [1.165, 1.54) is 0 Å². The second-order valence-corrected chi connectivity index (χ2v) is 6.69. The van der Waals surface area contributed by atoms with Crippen LogP contribution in [0.25, 0.3) is 11.4 Å². The number of nitrogens with zero attached hydrogens (tertiary/aromatic N) is 4. The van der Waals surface area contributed by atoms with Crippen LogP contribution in [0.1, 0.15) is 28.5 Å². The van der Waals surface area contributed by atoms with Crippen molar-refractivity contribution in [1.29, 1.82) is 0 Å². The van der Waals surface area contributed by atoms with Gasteiger partial charge in [0.05, 0.1) is 6.54 Å². The van der Waals surface area contributed by atoms with Crippen molar-refractivity contribution in [2.45, 2.75) is 26.1 Å². The van der Waals surface area contributed by atoms with Crippen molar-refractivity contribution < 1.29 is 18.8 Å². The van der Waals surface area contributed by atoms with Crippen molar-refractivity contribution in [2.24, 2.45) is 0 Å². The second-order valence-electron chi connectivity index (χ2n) is 6.69. The minimum atomic E-state index is -0.0743. The van der Waals surface area contributed by atoms with Crippen LogP contribution in [0.5, 0.6) is 5.75 Å². The van der Waals surface area contributed by atoms with Gasteiger partial charge in [0.15, 0.2) is 0 Å². The number of amides is 1. The molecule has 1 amide bonds. The molecule has 1 aliphatic heterocycles. The number of likely N-dealkylation sites (tertiary alicyclic amines) is 1. The molecule has 3 aromatic rings. The van der Waals surface area contributed by atoms with E-state index in [-0.39, 0.29) is 18.6 Å². The summed E-state index contributed by atoms with van der Waals surface area (Å²) in [7, 11) is 1.57.